The molecule has 0 bridgehead atoms. The van der Waals surface area contributed by atoms with Crippen LogP contribution in [0.5, 0.6) is 0 Å². The van der Waals surface area contributed by atoms with Gasteiger partial charge in [-0.1, -0.05) is 30.4 Å². The minimum Gasteiger partial charge on any atom is -0.467 e. The van der Waals surface area contributed by atoms with Crippen molar-refractivity contribution in [2.24, 2.45) is 0 Å². The smallest absolute Gasteiger partial charge is 0.251 e. The van der Waals surface area contributed by atoms with E-state index in [1.807, 2.05) is 19.1 Å². The molecule has 5 heteroatoms. The Morgan fingerprint density at radius 2 is 1.96 bits per heavy atom. The monoisotopic (exact) mass is 324 g/mol. The van der Waals surface area contributed by atoms with Crippen molar-refractivity contribution in [3.05, 3.63) is 83.9 Å². The summed E-state index contributed by atoms with van der Waals surface area (Å²) in [7, 11) is 0. The van der Waals surface area contributed by atoms with Gasteiger partial charge in [0.05, 0.1) is 12.8 Å². The zero-order valence-corrected chi connectivity index (χ0v) is 13.5. The normalized spacial score (nSPS) is 11.0. The molecule has 1 aromatic carbocycles. The van der Waals surface area contributed by atoms with Crippen LogP contribution < -0.4 is 10.6 Å². The Kier molecular flexibility index (Phi) is 6.58. The van der Waals surface area contributed by atoms with Crippen LogP contribution in [0.15, 0.2) is 71.4 Å². The van der Waals surface area contributed by atoms with Gasteiger partial charge in [-0.3, -0.25) is 9.59 Å². The number of benzene rings is 1. The first-order valence-electron chi connectivity index (χ1n) is 7.66. The molecule has 0 aliphatic heterocycles. The second kappa shape index (κ2) is 9.15. The molecule has 0 spiro atoms. The number of furan rings is 1. The fraction of sp³-hybridized carbons (Fsp3) is 0.158. The number of hydrogen-bond donors (Lipinski definition) is 2. The van der Waals surface area contributed by atoms with E-state index >= 15 is 0 Å². The summed E-state index contributed by atoms with van der Waals surface area (Å²) in [6.07, 6.45) is 8.32. The molecule has 0 aliphatic rings. The number of carbonyl (C=O) groups is 2. The lowest BCUT2D eigenvalue weighted by molar-refractivity contribution is -0.116. The lowest BCUT2D eigenvalue weighted by atomic mass is 10.1. The molecular formula is C19H20N2O3. The summed E-state index contributed by atoms with van der Waals surface area (Å²) in [5.74, 6) is 0.327. The standard InChI is InChI=1S/C19H20N2O3/c1-2-3-4-10-18(22)20-13-15-7-5-8-16(12-15)19(23)21-14-17-9-6-11-24-17/h2-12H,13-14H2,1H3,(H,20,22)(H,21,23)/b3-2+,10-4+. The zero-order chi connectivity index (χ0) is 17.2. The molecule has 1 heterocycles. The molecule has 124 valence electrons. The number of rotatable bonds is 7. The highest BCUT2D eigenvalue weighted by atomic mass is 16.3. The van der Waals surface area contributed by atoms with Gasteiger partial charge in [-0.05, 0) is 36.8 Å². The molecule has 0 saturated heterocycles. The molecule has 0 saturated carbocycles. The minimum atomic E-state index is -0.187. The first-order chi connectivity index (χ1) is 11.7. The van der Waals surface area contributed by atoms with E-state index in [0.29, 0.717) is 24.4 Å². The van der Waals surface area contributed by atoms with Crippen molar-refractivity contribution in [3.63, 3.8) is 0 Å². The third-order valence-corrected chi connectivity index (χ3v) is 3.21. The van der Waals surface area contributed by atoms with E-state index in [4.69, 9.17) is 4.42 Å². The van der Waals surface area contributed by atoms with Gasteiger partial charge in [-0.15, -0.1) is 0 Å². The first kappa shape index (κ1) is 17.3. The van der Waals surface area contributed by atoms with Gasteiger partial charge < -0.3 is 15.1 Å². The molecule has 2 rings (SSSR count). The van der Waals surface area contributed by atoms with Crippen LogP contribution in [0.2, 0.25) is 0 Å². The Balaban J connectivity index is 1.88. The topological polar surface area (TPSA) is 71.3 Å². The van der Waals surface area contributed by atoms with E-state index in [0.717, 1.165) is 5.56 Å². The van der Waals surface area contributed by atoms with Gasteiger partial charge in [0.1, 0.15) is 5.76 Å². The van der Waals surface area contributed by atoms with Crippen LogP contribution >= 0.6 is 0 Å². The lowest BCUT2D eigenvalue weighted by Gasteiger charge is -2.07. The predicted molar refractivity (Wildman–Crippen MR) is 92.1 cm³/mol. The van der Waals surface area contributed by atoms with Crippen molar-refractivity contribution in [2.75, 3.05) is 0 Å². The Morgan fingerprint density at radius 3 is 2.71 bits per heavy atom. The minimum absolute atomic E-state index is 0.180. The van der Waals surface area contributed by atoms with Crippen molar-refractivity contribution >= 4 is 11.8 Å². The second-order valence-corrected chi connectivity index (χ2v) is 5.07. The summed E-state index contributed by atoms with van der Waals surface area (Å²) < 4.78 is 5.18. The summed E-state index contributed by atoms with van der Waals surface area (Å²) in [6, 6.07) is 10.7. The molecule has 0 aliphatic carbocycles. The molecule has 2 amide bonds. The molecule has 0 atom stereocenters. The maximum absolute atomic E-state index is 12.1. The van der Waals surface area contributed by atoms with Crippen LogP contribution in [0.4, 0.5) is 0 Å². The molecule has 0 unspecified atom stereocenters. The zero-order valence-electron chi connectivity index (χ0n) is 13.5. The van der Waals surface area contributed by atoms with E-state index in [1.165, 1.54) is 6.08 Å². The fourth-order valence-corrected chi connectivity index (χ4v) is 2.01. The molecule has 0 fully saturated rings. The number of hydrogen-bond acceptors (Lipinski definition) is 3. The Labute approximate surface area is 141 Å². The predicted octanol–water partition coefficient (Wildman–Crippen LogP) is 2.96. The number of amides is 2. The van der Waals surface area contributed by atoms with E-state index in [9.17, 15) is 9.59 Å². The highest BCUT2D eigenvalue weighted by molar-refractivity contribution is 5.94. The summed E-state index contributed by atoms with van der Waals surface area (Å²) in [4.78, 5) is 23.8. The van der Waals surface area contributed by atoms with Gasteiger partial charge >= 0.3 is 0 Å². The van der Waals surface area contributed by atoms with Gasteiger partial charge in [0.15, 0.2) is 0 Å². The van der Waals surface area contributed by atoms with E-state index in [2.05, 4.69) is 10.6 Å². The third kappa shape index (κ3) is 5.61. The lowest BCUT2D eigenvalue weighted by Crippen LogP contribution is -2.23. The Morgan fingerprint density at radius 1 is 1.08 bits per heavy atom. The molecular weight excluding hydrogens is 304 g/mol. The number of carbonyl (C=O) groups excluding carboxylic acids is 2. The summed E-state index contributed by atoms with van der Waals surface area (Å²) >= 11 is 0. The average molecular weight is 324 g/mol. The first-order valence-corrected chi connectivity index (χ1v) is 7.66. The highest BCUT2D eigenvalue weighted by Crippen LogP contribution is 2.06. The second-order valence-electron chi connectivity index (χ2n) is 5.07. The largest absolute Gasteiger partial charge is 0.467 e. The van der Waals surface area contributed by atoms with Crippen LogP contribution in [-0.2, 0) is 17.9 Å². The molecule has 2 aromatic rings. The van der Waals surface area contributed by atoms with Crippen LogP contribution in [0.25, 0.3) is 0 Å². The average Bonchev–Trinajstić information content (AvgIpc) is 3.12. The van der Waals surface area contributed by atoms with Crippen LogP contribution in [0.1, 0.15) is 28.6 Å². The Bertz CT molecular complexity index is 731. The van der Waals surface area contributed by atoms with E-state index in [1.54, 1.807) is 48.7 Å². The number of allylic oxidation sites excluding steroid dienone is 3. The SMILES string of the molecule is C/C=C/C=C/C(=O)NCc1cccc(C(=O)NCc2ccco2)c1. The molecule has 1 aromatic heterocycles. The van der Waals surface area contributed by atoms with Gasteiger partial charge in [0.25, 0.3) is 5.91 Å². The maximum Gasteiger partial charge on any atom is 0.251 e. The Hall–Kier alpha value is -3.08. The summed E-state index contributed by atoms with van der Waals surface area (Å²) in [5.41, 5.74) is 1.39. The molecule has 2 N–H and O–H groups in total. The van der Waals surface area contributed by atoms with E-state index < -0.39 is 0 Å². The summed E-state index contributed by atoms with van der Waals surface area (Å²) in [6.45, 7) is 2.57. The van der Waals surface area contributed by atoms with Gasteiger partial charge in [-0.2, -0.15) is 0 Å². The van der Waals surface area contributed by atoms with Crippen molar-refractivity contribution in [1.82, 2.24) is 10.6 Å². The van der Waals surface area contributed by atoms with Gasteiger partial charge in [0.2, 0.25) is 5.91 Å². The maximum atomic E-state index is 12.1. The van der Waals surface area contributed by atoms with Crippen molar-refractivity contribution < 1.29 is 14.0 Å². The molecule has 0 radical (unpaired) electrons. The number of nitrogens with one attached hydrogen (secondary N) is 2. The van der Waals surface area contributed by atoms with Crippen molar-refractivity contribution in [1.29, 1.82) is 0 Å². The third-order valence-electron chi connectivity index (χ3n) is 3.21. The quantitative estimate of drug-likeness (QED) is 0.607. The molecule has 5 nitrogen and oxygen atoms in total. The highest BCUT2D eigenvalue weighted by Gasteiger charge is 2.07. The van der Waals surface area contributed by atoms with Gasteiger partial charge in [-0.25, -0.2) is 0 Å². The van der Waals surface area contributed by atoms with E-state index in [-0.39, 0.29) is 11.8 Å². The van der Waals surface area contributed by atoms with Crippen molar-refractivity contribution in [3.8, 4) is 0 Å². The van der Waals surface area contributed by atoms with Crippen LogP contribution in [0.3, 0.4) is 0 Å². The summed E-state index contributed by atoms with van der Waals surface area (Å²) in [5, 5.41) is 5.56. The fourth-order valence-electron chi connectivity index (χ4n) is 2.01. The van der Waals surface area contributed by atoms with Crippen LogP contribution in [-0.4, -0.2) is 11.8 Å². The van der Waals surface area contributed by atoms with Crippen molar-refractivity contribution in [2.45, 2.75) is 20.0 Å². The van der Waals surface area contributed by atoms with Gasteiger partial charge in [0, 0.05) is 18.2 Å². The molecule has 24 heavy (non-hydrogen) atoms. The van der Waals surface area contributed by atoms with Crippen LogP contribution in [0, 0.1) is 0 Å².